The van der Waals surface area contributed by atoms with Gasteiger partial charge in [0.05, 0.1) is 32.3 Å². The highest BCUT2D eigenvalue weighted by atomic mass is 32.2. The third kappa shape index (κ3) is 6.71. The van der Waals surface area contributed by atoms with Crippen LogP contribution >= 0.6 is 0 Å². The van der Waals surface area contributed by atoms with Gasteiger partial charge in [0.25, 0.3) is 0 Å². The van der Waals surface area contributed by atoms with Gasteiger partial charge in [-0.05, 0) is 84.5 Å². The van der Waals surface area contributed by atoms with Crippen LogP contribution in [0.15, 0.2) is 58.3 Å². The summed E-state index contributed by atoms with van der Waals surface area (Å²) in [6, 6.07) is 13.9. The molecule has 0 unspecified atom stereocenters. The van der Waals surface area contributed by atoms with Gasteiger partial charge < -0.3 is 10.6 Å². The van der Waals surface area contributed by atoms with Crippen molar-refractivity contribution in [1.82, 2.24) is 8.61 Å². The number of nitrogens with one attached hydrogen (secondary N) is 2. The summed E-state index contributed by atoms with van der Waals surface area (Å²) in [5.74, 6) is -0.704. The molecule has 0 aliphatic heterocycles. The molecule has 2 N–H and O–H groups in total. The predicted molar refractivity (Wildman–Crippen MR) is 213 cm³/mol. The second-order valence-corrected chi connectivity index (χ2v) is 17.8. The molecule has 0 heterocycles. The third-order valence-electron chi connectivity index (χ3n) is 10.1. The smallest absolute Gasteiger partial charge is 0.243 e. The van der Waals surface area contributed by atoms with Crippen LogP contribution in [-0.4, -0.2) is 65.2 Å². The monoisotopic (exact) mass is 758 g/mol. The maximum atomic E-state index is 14.5. The summed E-state index contributed by atoms with van der Waals surface area (Å²) in [7, 11) is -1.64. The lowest BCUT2D eigenvalue weighted by Gasteiger charge is -2.28. The number of hydrogen-bond donors (Lipinski definition) is 2. The quantitative estimate of drug-likeness (QED) is 0.126. The van der Waals surface area contributed by atoms with E-state index in [1.165, 1.54) is 36.8 Å². The van der Waals surface area contributed by atoms with Crippen LogP contribution in [0.3, 0.4) is 0 Å². The summed E-state index contributed by atoms with van der Waals surface area (Å²) < 4.78 is 57.2. The van der Waals surface area contributed by atoms with Crippen LogP contribution in [0.1, 0.15) is 99.8 Å². The molecule has 4 aromatic carbocycles. The molecule has 53 heavy (non-hydrogen) atoms. The summed E-state index contributed by atoms with van der Waals surface area (Å²) >= 11 is 0. The van der Waals surface area contributed by atoms with E-state index >= 15 is 0 Å². The zero-order valence-electron chi connectivity index (χ0n) is 32.3. The van der Waals surface area contributed by atoms with Crippen molar-refractivity contribution in [3.63, 3.8) is 0 Å². The first-order valence-corrected chi connectivity index (χ1v) is 21.0. The van der Waals surface area contributed by atoms with Crippen molar-refractivity contribution in [1.29, 1.82) is 0 Å². The highest BCUT2D eigenvalue weighted by molar-refractivity contribution is 7.89. The predicted octanol–water partition coefficient (Wildman–Crippen LogP) is 7.57. The summed E-state index contributed by atoms with van der Waals surface area (Å²) in [6.45, 7) is 11.5. The molecule has 12 heteroatoms. The van der Waals surface area contributed by atoms with Crippen LogP contribution in [0.4, 0.5) is 22.7 Å². The second kappa shape index (κ2) is 15.2. The molecule has 5 rings (SSSR count). The summed E-state index contributed by atoms with van der Waals surface area (Å²) in [5, 5.41) is 6.93. The van der Waals surface area contributed by atoms with Crippen molar-refractivity contribution >= 4 is 54.4 Å². The van der Waals surface area contributed by atoms with E-state index < -0.39 is 20.0 Å². The minimum Gasteiger partial charge on any atom is -0.354 e. The van der Waals surface area contributed by atoms with E-state index in [4.69, 9.17) is 0 Å². The summed E-state index contributed by atoms with van der Waals surface area (Å²) in [4.78, 5) is 29.5. The molecule has 0 atom stereocenters. The Bertz CT molecular complexity index is 2360. The lowest BCUT2D eigenvalue weighted by atomic mass is 9.82. The van der Waals surface area contributed by atoms with Crippen molar-refractivity contribution < 1.29 is 26.4 Å². The molecule has 0 radical (unpaired) electrons. The molecule has 0 fully saturated rings. The number of aryl methyl sites for hydroxylation is 4. The van der Waals surface area contributed by atoms with Crippen molar-refractivity contribution in [2.45, 2.75) is 83.4 Å². The maximum absolute atomic E-state index is 14.5. The van der Waals surface area contributed by atoms with E-state index in [0.717, 1.165) is 11.1 Å². The Morgan fingerprint density at radius 3 is 1.34 bits per heavy atom. The molecule has 0 saturated carbocycles. The van der Waals surface area contributed by atoms with E-state index in [1.54, 1.807) is 43.3 Å². The van der Waals surface area contributed by atoms with Crippen LogP contribution in [0.25, 0.3) is 0 Å². The fourth-order valence-electron chi connectivity index (χ4n) is 7.35. The average molecular weight is 759 g/mol. The van der Waals surface area contributed by atoms with Gasteiger partial charge in [0.15, 0.2) is 11.6 Å². The fourth-order valence-corrected chi connectivity index (χ4v) is 10.2. The SMILES string of the molecule is CCc1cc(C)c(S(=O)(=O)N(C)C)c(CC)c1Nc1ccc(Nc2c(CC)cc(CC)c(S(=O)(=O)N(C)C)c2CC)c2c1C(=O)c1ccccc1C2=O. The zero-order chi connectivity index (χ0) is 39.2. The Labute approximate surface area is 314 Å². The molecule has 282 valence electrons. The number of fused-ring (bicyclic) bond motifs is 2. The topological polar surface area (TPSA) is 133 Å². The number of sulfonamides is 2. The van der Waals surface area contributed by atoms with Crippen molar-refractivity contribution in [2.24, 2.45) is 0 Å². The van der Waals surface area contributed by atoms with Gasteiger partial charge in [-0.25, -0.2) is 25.4 Å². The Kier molecular flexibility index (Phi) is 11.4. The molecule has 0 spiro atoms. The molecule has 4 aromatic rings. The standard InChI is InChI=1S/C41H50N4O6S2/c1-11-25-22-24(6)40(52(48,49)44(7)8)28(14-4)36(25)42-32-20-21-33(35-34(32)38(46)30-18-16-17-19-31(30)39(35)47)43-37-26(12-2)23-27(13-3)41(29(37)15-5)53(50,51)45(9)10/h16-23,42-43H,11-15H2,1-10H3. The van der Waals surface area contributed by atoms with Gasteiger partial charge in [0.2, 0.25) is 20.0 Å². The largest absolute Gasteiger partial charge is 0.354 e. The van der Waals surface area contributed by atoms with Crippen molar-refractivity contribution in [2.75, 3.05) is 38.8 Å². The molecule has 0 bridgehead atoms. The fraction of sp³-hybridized carbons (Fsp3) is 0.366. The molecular weight excluding hydrogens is 709 g/mol. The molecule has 1 aliphatic rings. The number of ketones is 2. The Hall–Kier alpha value is -4.36. The van der Waals surface area contributed by atoms with E-state index in [-0.39, 0.29) is 43.6 Å². The van der Waals surface area contributed by atoms with Crippen molar-refractivity contribution in [3.8, 4) is 0 Å². The lowest BCUT2D eigenvalue weighted by Crippen LogP contribution is -2.26. The molecule has 1 aliphatic carbocycles. The van der Waals surface area contributed by atoms with Gasteiger partial charge in [-0.2, -0.15) is 0 Å². The maximum Gasteiger partial charge on any atom is 0.243 e. The molecular formula is C41H50N4O6S2. The van der Waals surface area contributed by atoms with Crippen LogP contribution in [0.5, 0.6) is 0 Å². The minimum absolute atomic E-state index is 0.155. The van der Waals surface area contributed by atoms with Gasteiger partial charge in [-0.3, -0.25) is 9.59 Å². The number of benzene rings is 4. The summed E-state index contributed by atoms with van der Waals surface area (Å²) in [6.07, 6.45) is 2.48. The normalized spacial score (nSPS) is 13.1. The van der Waals surface area contributed by atoms with E-state index in [0.29, 0.717) is 77.1 Å². The number of carbonyl (C=O) groups is 2. The summed E-state index contributed by atoms with van der Waals surface area (Å²) in [5.41, 5.74) is 7.05. The number of hydrogen-bond acceptors (Lipinski definition) is 8. The van der Waals surface area contributed by atoms with Crippen molar-refractivity contribution in [3.05, 3.63) is 104 Å². The first-order chi connectivity index (χ1) is 25.0. The van der Waals surface area contributed by atoms with E-state index in [1.807, 2.05) is 46.8 Å². The first-order valence-electron chi connectivity index (χ1n) is 18.1. The molecule has 0 aromatic heterocycles. The number of carbonyl (C=O) groups excluding carboxylic acids is 2. The average Bonchev–Trinajstić information content (AvgIpc) is 3.13. The van der Waals surface area contributed by atoms with Crippen LogP contribution in [0, 0.1) is 6.92 Å². The minimum atomic E-state index is -3.84. The second-order valence-electron chi connectivity index (χ2n) is 13.6. The lowest BCUT2D eigenvalue weighted by molar-refractivity contribution is 0.0980. The van der Waals surface area contributed by atoms with Crippen LogP contribution < -0.4 is 10.6 Å². The van der Waals surface area contributed by atoms with E-state index in [9.17, 15) is 26.4 Å². The van der Waals surface area contributed by atoms with Crippen LogP contribution in [0.2, 0.25) is 0 Å². The molecule has 0 saturated heterocycles. The molecule has 10 nitrogen and oxygen atoms in total. The van der Waals surface area contributed by atoms with Gasteiger partial charge in [0, 0.05) is 50.7 Å². The third-order valence-corrected chi connectivity index (χ3v) is 14.1. The highest BCUT2D eigenvalue weighted by Crippen LogP contribution is 2.43. The van der Waals surface area contributed by atoms with Gasteiger partial charge in [0.1, 0.15) is 0 Å². The zero-order valence-corrected chi connectivity index (χ0v) is 33.9. The van der Waals surface area contributed by atoms with Gasteiger partial charge in [-0.15, -0.1) is 0 Å². The number of anilines is 4. The molecule has 0 amide bonds. The number of nitrogens with zero attached hydrogens (tertiary/aromatic N) is 2. The number of rotatable bonds is 13. The Morgan fingerprint density at radius 2 is 0.943 bits per heavy atom. The first kappa shape index (κ1) is 39.8. The highest BCUT2D eigenvalue weighted by Gasteiger charge is 2.36. The van der Waals surface area contributed by atoms with Gasteiger partial charge in [-0.1, -0.05) is 71.0 Å². The van der Waals surface area contributed by atoms with Crippen LogP contribution in [-0.2, 0) is 52.2 Å². The van der Waals surface area contributed by atoms with E-state index in [2.05, 4.69) is 10.6 Å². The Balaban J connectivity index is 1.82. The Morgan fingerprint density at radius 1 is 0.547 bits per heavy atom. The van der Waals surface area contributed by atoms with Gasteiger partial charge >= 0.3 is 0 Å².